The molecule has 0 saturated carbocycles. The van der Waals surface area contributed by atoms with E-state index in [1.165, 1.54) is 22.3 Å². The van der Waals surface area contributed by atoms with E-state index in [1.54, 1.807) is 0 Å². The number of halogens is 2. The van der Waals surface area contributed by atoms with Crippen LogP contribution in [0.3, 0.4) is 0 Å². The van der Waals surface area contributed by atoms with Gasteiger partial charge in [0, 0.05) is 5.41 Å². The van der Waals surface area contributed by atoms with Gasteiger partial charge in [0.1, 0.15) is 0 Å². The predicted molar refractivity (Wildman–Crippen MR) is 63.6 cm³/mol. The van der Waals surface area contributed by atoms with Crippen molar-refractivity contribution in [3.63, 3.8) is 0 Å². The molecule has 0 aromatic heterocycles. The van der Waals surface area contributed by atoms with Crippen LogP contribution in [0.2, 0.25) is 0 Å². The fourth-order valence-electron chi connectivity index (χ4n) is 1.91. The molecule has 86 valence electrons. The van der Waals surface area contributed by atoms with Gasteiger partial charge < -0.3 is 5.11 Å². The van der Waals surface area contributed by atoms with E-state index >= 15 is 0 Å². The molecule has 0 bridgehead atoms. The van der Waals surface area contributed by atoms with Crippen LogP contribution in [0, 0.1) is 5.41 Å². The summed E-state index contributed by atoms with van der Waals surface area (Å²) in [6.07, 6.45) is 0. The fraction of sp³-hybridized carbons (Fsp3) is 0.636. The van der Waals surface area contributed by atoms with Crippen LogP contribution in [0.5, 0.6) is 0 Å². The topological polar surface area (TPSA) is 20.2 Å². The molecule has 0 radical (unpaired) electrons. The number of allylic oxidation sites excluding steroid dienone is 2. The van der Waals surface area contributed by atoms with Gasteiger partial charge in [-0.05, 0) is 45.8 Å². The number of aliphatic hydroxyl groups excluding tert-OH is 1. The molecule has 1 rings (SSSR count). The average Bonchev–Trinajstić information content (AvgIpc) is 2.36. The van der Waals surface area contributed by atoms with E-state index in [2.05, 4.69) is 34.6 Å². The van der Waals surface area contributed by atoms with Gasteiger partial charge in [0.15, 0.2) is 0 Å². The summed E-state index contributed by atoms with van der Waals surface area (Å²) in [6.45, 7) is 10.8. The summed E-state index contributed by atoms with van der Waals surface area (Å²) in [6, 6.07) is 0. The molecule has 15 heavy (non-hydrogen) atoms. The van der Waals surface area contributed by atoms with Crippen LogP contribution in [0.25, 0.3) is 0 Å². The summed E-state index contributed by atoms with van der Waals surface area (Å²) >= 11 is -0.826. The SMILES string of the molecule is CC1=C(C)C(C)(CO)C(C)=C1C.[Cl][Zr][Cl]. The molecule has 0 aromatic rings. The molecule has 0 aromatic carbocycles. The van der Waals surface area contributed by atoms with Crippen molar-refractivity contribution in [3.05, 3.63) is 22.3 Å². The minimum absolute atomic E-state index is 0.0891. The van der Waals surface area contributed by atoms with E-state index in [-0.39, 0.29) is 12.0 Å². The Hall–Kier alpha value is 0.903. The standard InChI is InChI=1S/C11H18O.2ClH.Zr/c1-7-8(2)10(4)11(5,6-12)9(7)3;;;/h12H,6H2,1-5H3;2*1H;/q;;;+2/p-2. The van der Waals surface area contributed by atoms with Gasteiger partial charge in [-0.2, -0.15) is 0 Å². The molecule has 0 unspecified atom stereocenters. The quantitative estimate of drug-likeness (QED) is 0.770. The Morgan fingerprint density at radius 1 is 1.07 bits per heavy atom. The number of rotatable bonds is 1. The zero-order valence-corrected chi connectivity index (χ0v) is 13.9. The first-order chi connectivity index (χ1) is 6.86. The van der Waals surface area contributed by atoms with Crippen LogP contribution in [0.15, 0.2) is 22.3 Å². The molecule has 0 heterocycles. The van der Waals surface area contributed by atoms with Crippen LogP contribution in [0.1, 0.15) is 34.6 Å². The maximum atomic E-state index is 9.33. The van der Waals surface area contributed by atoms with Gasteiger partial charge in [0.05, 0.1) is 6.61 Å². The first-order valence-electron chi connectivity index (χ1n) is 4.80. The molecule has 4 heteroatoms. The van der Waals surface area contributed by atoms with Crippen LogP contribution in [-0.4, -0.2) is 11.7 Å². The Balaban J connectivity index is 0.000000583. The van der Waals surface area contributed by atoms with Crippen LogP contribution in [-0.2, 0) is 20.8 Å². The molecule has 1 N–H and O–H groups in total. The van der Waals surface area contributed by atoms with E-state index in [1.807, 2.05) is 0 Å². The molecule has 0 fully saturated rings. The fourth-order valence-corrected chi connectivity index (χ4v) is 1.91. The van der Waals surface area contributed by atoms with Crippen LogP contribution < -0.4 is 0 Å². The molecular weight excluding hydrogens is 310 g/mol. The van der Waals surface area contributed by atoms with E-state index in [0.717, 1.165) is 0 Å². The van der Waals surface area contributed by atoms with Gasteiger partial charge in [-0.15, -0.1) is 0 Å². The van der Waals surface area contributed by atoms with Crippen molar-refractivity contribution >= 4 is 17.0 Å². The van der Waals surface area contributed by atoms with Gasteiger partial charge in [-0.25, -0.2) is 0 Å². The molecule has 0 aliphatic heterocycles. The van der Waals surface area contributed by atoms with Crippen molar-refractivity contribution in [2.24, 2.45) is 5.41 Å². The summed E-state index contributed by atoms with van der Waals surface area (Å²) in [5.41, 5.74) is 5.25. The average molecular weight is 328 g/mol. The summed E-state index contributed by atoms with van der Waals surface area (Å²) in [5, 5.41) is 9.33. The summed E-state index contributed by atoms with van der Waals surface area (Å²) in [4.78, 5) is 0. The molecule has 0 amide bonds. The van der Waals surface area contributed by atoms with E-state index in [9.17, 15) is 5.11 Å². The first-order valence-corrected chi connectivity index (χ1v) is 11.1. The molecule has 0 saturated heterocycles. The summed E-state index contributed by atoms with van der Waals surface area (Å²) in [7, 11) is 9.87. The molecule has 1 aliphatic carbocycles. The Labute approximate surface area is 111 Å². The Kier molecular flexibility index (Phi) is 6.99. The van der Waals surface area contributed by atoms with Gasteiger partial charge >= 0.3 is 37.9 Å². The second kappa shape index (κ2) is 6.59. The molecule has 1 nitrogen and oxygen atoms in total. The third-order valence-electron chi connectivity index (χ3n) is 3.66. The third kappa shape index (κ3) is 3.19. The van der Waals surface area contributed by atoms with Crippen molar-refractivity contribution < 1.29 is 26.0 Å². The Morgan fingerprint density at radius 3 is 1.47 bits per heavy atom. The monoisotopic (exact) mass is 326 g/mol. The van der Waals surface area contributed by atoms with Crippen molar-refractivity contribution in [1.82, 2.24) is 0 Å². The van der Waals surface area contributed by atoms with E-state index in [0.29, 0.717) is 0 Å². The predicted octanol–water partition coefficient (Wildman–Crippen LogP) is 4.05. The zero-order chi connectivity index (χ0) is 12.2. The van der Waals surface area contributed by atoms with Gasteiger partial charge in [-0.1, -0.05) is 11.1 Å². The maximum absolute atomic E-state index is 9.33. The van der Waals surface area contributed by atoms with E-state index < -0.39 is 20.8 Å². The van der Waals surface area contributed by atoms with E-state index in [4.69, 9.17) is 17.0 Å². The van der Waals surface area contributed by atoms with Gasteiger partial charge in [-0.3, -0.25) is 0 Å². The second-order valence-corrected chi connectivity index (χ2v) is 7.79. The first kappa shape index (κ1) is 15.9. The molecule has 1 aliphatic rings. The normalized spacial score (nSPS) is 18.9. The van der Waals surface area contributed by atoms with Gasteiger partial charge in [0.25, 0.3) is 0 Å². The number of hydrogen-bond donors (Lipinski definition) is 1. The molecular formula is C11H18Cl2OZr. The Bertz CT molecular complexity index is 271. The van der Waals surface area contributed by atoms with Crippen molar-refractivity contribution in [1.29, 1.82) is 0 Å². The van der Waals surface area contributed by atoms with Gasteiger partial charge in [0.2, 0.25) is 0 Å². The Morgan fingerprint density at radius 2 is 1.33 bits per heavy atom. The van der Waals surface area contributed by atoms with Crippen molar-refractivity contribution in [2.75, 3.05) is 6.61 Å². The molecule has 0 atom stereocenters. The minimum atomic E-state index is -0.826. The van der Waals surface area contributed by atoms with Crippen molar-refractivity contribution in [3.8, 4) is 0 Å². The van der Waals surface area contributed by atoms with Crippen LogP contribution in [0.4, 0.5) is 0 Å². The third-order valence-corrected chi connectivity index (χ3v) is 3.66. The molecule has 0 spiro atoms. The number of aliphatic hydroxyl groups is 1. The number of hydrogen-bond acceptors (Lipinski definition) is 1. The van der Waals surface area contributed by atoms with Crippen LogP contribution >= 0.6 is 17.0 Å². The van der Waals surface area contributed by atoms with Crippen molar-refractivity contribution in [2.45, 2.75) is 34.6 Å². The second-order valence-electron chi connectivity index (χ2n) is 4.06. The summed E-state index contributed by atoms with van der Waals surface area (Å²) < 4.78 is 0. The zero-order valence-electron chi connectivity index (χ0n) is 9.91. The summed E-state index contributed by atoms with van der Waals surface area (Å²) in [5.74, 6) is 0.